The zero-order chi connectivity index (χ0) is 24.8. The molecule has 9 nitrogen and oxygen atoms in total. The smallest absolute Gasteiger partial charge is 0.270 e. The van der Waals surface area contributed by atoms with Gasteiger partial charge in [-0.05, 0) is 23.8 Å². The summed E-state index contributed by atoms with van der Waals surface area (Å²) in [5.41, 5.74) is 3.79. The molecule has 0 radical (unpaired) electrons. The first-order chi connectivity index (χ1) is 16.9. The molecular formula is C25H27FN4O5. The largest absolute Gasteiger partial charge is 0.497 e. The quantitative estimate of drug-likeness (QED) is 0.649. The summed E-state index contributed by atoms with van der Waals surface area (Å²) in [6.07, 6.45) is -0.198. The highest BCUT2D eigenvalue weighted by Crippen LogP contribution is 2.18. The van der Waals surface area contributed by atoms with E-state index in [0.29, 0.717) is 17.9 Å². The number of ether oxygens (including phenoxy) is 2. The minimum Gasteiger partial charge on any atom is -0.497 e. The van der Waals surface area contributed by atoms with Gasteiger partial charge in [0.15, 0.2) is 0 Å². The summed E-state index contributed by atoms with van der Waals surface area (Å²) >= 11 is 0. The lowest BCUT2D eigenvalue weighted by atomic mass is 10.1. The van der Waals surface area contributed by atoms with Crippen LogP contribution in [0.4, 0.5) is 4.39 Å². The Morgan fingerprint density at radius 3 is 2.57 bits per heavy atom. The Kier molecular flexibility index (Phi) is 7.71. The molecule has 0 spiro atoms. The van der Waals surface area contributed by atoms with E-state index in [-0.39, 0.29) is 62.4 Å². The normalized spacial score (nSPS) is 18.6. The van der Waals surface area contributed by atoms with Crippen molar-refractivity contribution in [2.24, 2.45) is 5.10 Å². The molecule has 0 aliphatic carbocycles. The van der Waals surface area contributed by atoms with Crippen molar-refractivity contribution in [1.29, 1.82) is 0 Å². The van der Waals surface area contributed by atoms with Crippen molar-refractivity contribution in [2.75, 3.05) is 26.7 Å². The van der Waals surface area contributed by atoms with Gasteiger partial charge in [-0.15, -0.1) is 0 Å². The molecule has 1 unspecified atom stereocenters. The minimum atomic E-state index is -0.554. The molecule has 0 aromatic heterocycles. The van der Waals surface area contributed by atoms with Gasteiger partial charge in [0.05, 0.1) is 19.8 Å². The van der Waals surface area contributed by atoms with E-state index in [2.05, 4.69) is 10.5 Å². The van der Waals surface area contributed by atoms with Crippen LogP contribution in [0.1, 0.15) is 24.0 Å². The summed E-state index contributed by atoms with van der Waals surface area (Å²) in [5.74, 6) is -0.604. The predicted octanol–water partition coefficient (Wildman–Crippen LogP) is 1.86. The Morgan fingerprint density at radius 1 is 1.11 bits per heavy atom. The summed E-state index contributed by atoms with van der Waals surface area (Å²) in [5, 5.41) is 3.87. The third-order valence-electron chi connectivity index (χ3n) is 5.93. The molecule has 2 aliphatic rings. The van der Waals surface area contributed by atoms with E-state index in [0.717, 1.165) is 5.56 Å². The zero-order valence-corrected chi connectivity index (χ0v) is 19.4. The molecule has 4 rings (SSSR count). The highest BCUT2D eigenvalue weighted by molar-refractivity contribution is 6.39. The number of hydrazone groups is 1. The summed E-state index contributed by atoms with van der Waals surface area (Å²) in [7, 11) is 1.58. The fourth-order valence-electron chi connectivity index (χ4n) is 3.98. The van der Waals surface area contributed by atoms with Gasteiger partial charge < -0.3 is 19.3 Å². The van der Waals surface area contributed by atoms with E-state index < -0.39 is 12.0 Å². The average Bonchev–Trinajstić information content (AvgIpc) is 3.02. The van der Waals surface area contributed by atoms with E-state index in [1.165, 1.54) is 11.0 Å². The van der Waals surface area contributed by atoms with Crippen molar-refractivity contribution >= 4 is 23.4 Å². The molecule has 184 valence electrons. The number of carbonyl (C=O) groups excluding carboxylic acids is 3. The molecule has 2 heterocycles. The second-order valence-corrected chi connectivity index (χ2v) is 8.43. The number of amides is 3. The number of carbonyl (C=O) groups is 3. The first-order valence-electron chi connectivity index (χ1n) is 11.3. The van der Waals surface area contributed by atoms with Gasteiger partial charge in [0.25, 0.3) is 5.91 Å². The van der Waals surface area contributed by atoms with Crippen molar-refractivity contribution in [3.8, 4) is 5.75 Å². The molecule has 2 aromatic rings. The highest BCUT2D eigenvalue weighted by Gasteiger charge is 2.33. The van der Waals surface area contributed by atoms with Gasteiger partial charge in [-0.3, -0.25) is 14.4 Å². The first-order valence-corrected chi connectivity index (χ1v) is 11.3. The second kappa shape index (κ2) is 11.1. The minimum absolute atomic E-state index is 0.000933. The van der Waals surface area contributed by atoms with Crippen LogP contribution in [0.2, 0.25) is 0 Å². The van der Waals surface area contributed by atoms with Crippen molar-refractivity contribution in [3.63, 3.8) is 0 Å². The predicted molar refractivity (Wildman–Crippen MR) is 125 cm³/mol. The van der Waals surface area contributed by atoms with E-state index in [1.54, 1.807) is 30.2 Å². The molecule has 1 saturated heterocycles. The number of hydrogen-bond donors (Lipinski definition) is 1. The Morgan fingerprint density at radius 2 is 1.89 bits per heavy atom. The maximum atomic E-state index is 14.1. The number of nitrogens with one attached hydrogen (secondary N) is 1. The first kappa shape index (κ1) is 24.3. The highest BCUT2D eigenvalue weighted by atomic mass is 19.1. The fraction of sp³-hybridized carbons (Fsp3) is 0.360. The standard InChI is InChI=1S/C25H27FN4O5/c1-34-19-8-6-17(7-9-19)12-29-13-20(35-16-18-4-2-3-5-21(18)26)14-30(15-24(29)32)25(33)22-10-11-23(31)28-27-22/h2-9,20H,10-16H2,1H3,(H,28,31). The van der Waals surface area contributed by atoms with Crippen molar-refractivity contribution in [2.45, 2.75) is 32.1 Å². The molecule has 1 atom stereocenters. The molecule has 35 heavy (non-hydrogen) atoms. The van der Waals surface area contributed by atoms with Gasteiger partial charge in [-0.25, -0.2) is 9.82 Å². The molecule has 3 amide bonds. The lowest BCUT2D eigenvalue weighted by molar-refractivity contribution is -0.136. The van der Waals surface area contributed by atoms with E-state index >= 15 is 0 Å². The summed E-state index contributed by atoms with van der Waals surface area (Å²) < 4.78 is 25.3. The topological polar surface area (TPSA) is 101 Å². The molecule has 1 fully saturated rings. The van der Waals surface area contributed by atoms with Crippen LogP contribution in [0.25, 0.3) is 0 Å². The van der Waals surface area contributed by atoms with Crippen LogP contribution >= 0.6 is 0 Å². The number of benzene rings is 2. The maximum absolute atomic E-state index is 14.1. The summed E-state index contributed by atoms with van der Waals surface area (Å²) in [4.78, 5) is 40.7. The second-order valence-electron chi connectivity index (χ2n) is 8.43. The van der Waals surface area contributed by atoms with Gasteiger partial charge in [0, 0.05) is 38.0 Å². The summed E-state index contributed by atoms with van der Waals surface area (Å²) in [6.45, 7) is 0.529. The van der Waals surface area contributed by atoms with Crippen LogP contribution in [-0.2, 0) is 32.3 Å². The van der Waals surface area contributed by atoms with E-state index in [1.807, 2.05) is 24.3 Å². The van der Waals surface area contributed by atoms with E-state index in [9.17, 15) is 18.8 Å². The molecule has 0 saturated carbocycles. The van der Waals surface area contributed by atoms with Crippen LogP contribution in [-0.4, -0.2) is 66.1 Å². The SMILES string of the molecule is COc1ccc(CN2CC(OCc3ccccc3F)CN(C(=O)C3=NNC(=O)CC3)CC2=O)cc1. The van der Waals surface area contributed by atoms with Crippen LogP contribution in [0.15, 0.2) is 53.6 Å². The Balaban J connectivity index is 1.52. The number of rotatable bonds is 7. The average molecular weight is 483 g/mol. The Labute approximate surface area is 202 Å². The monoisotopic (exact) mass is 482 g/mol. The fourth-order valence-corrected chi connectivity index (χ4v) is 3.98. The van der Waals surface area contributed by atoms with Crippen LogP contribution < -0.4 is 10.2 Å². The van der Waals surface area contributed by atoms with Gasteiger partial charge in [0.1, 0.15) is 23.8 Å². The molecule has 10 heteroatoms. The van der Waals surface area contributed by atoms with Gasteiger partial charge in [-0.1, -0.05) is 30.3 Å². The van der Waals surface area contributed by atoms with E-state index in [4.69, 9.17) is 9.47 Å². The molecule has 0 bridgehead atoms. The maximum Gasteiger partial charge on any atom is 0.270 e. The van der Waals surface area contributed by atoms with Gasteiger partial charge in [-0.2, -0.15) is 5.10 Å². The van der Waals surface area contributed by atoms with Crippen molar-refractivity contribution < 1.29 is 28.2 Å². The van der Waals surface area contributed by atoms with Crippen molar-refractivity contribution in [3.05, 3.63) is 65.5 Å². The van der Waals surface area contributed by atoms with Crippen molar-refractivity contribution in [1.82, 2.24) is 15.2 Å². The third kappa shape index (κ3) is 6.21. The zero-order valence-electron chi connectivity index (χ0n) is 19.4. The van der Waals surface area contributed by atoms with Crippen LogP contribution in [0, 0.1) is 5.82 Å². The summed E-state index contributed by atoms with van der Waals surface area (Å²) in [6, 6.07) is 13.7. The number of nitrogens with zero attached hydrogens (tertiary/aromatic N) is 3. The van der Waals surface area contributed by atoms with Gasteiger partial charge in [0.2, 0.25) is 11.8 Å². The van der Waals surface area contributed by atoms with Crippen LogP contribution in [0.3, 0.4) is 0 Å². The molecule has 1 N–H and O–H groups in total. The third-order valence-corrected chi connectivity index (χ3v) is 5.93. The Bertz CT molecular complexity index is 1120. The molecular weight excluding hydrogens is 455 g/mol. The number of methoxy groups -OCH3 is 1. The lowest BCUT2D eigenvalue weighted by Gasteiger charge is -2.25. The molecule has 2 aromatic carbocycles. The Hall–Kier alpha value is -3.79. The molecule has 2 aliphatic heterocycles. The number of halogens is 1. The van der Waals surface area contributed by atoms with Gasteiger partial charge >= 0.3 is 0 Å². The van der Waals surface area contributed by atoms with Crippen LogP contribution in [0.5, 0.6) is 5.75 Å². The number of hydrogen-bond acceptors (Lipinski definition) is 6. The lowest BCUT2D eigenvalue weighted by Crippen LogP contribution is -2.45.